The van der Waals surface area contributed by atoms with Crippen molar-refractivity contribution in [3.63, 3.8) is 0 Å². The fourth-order valence-electron chi connectivity index (χ4n) is 4.06. The number of nitrogens with one attached hydrogen (secondary N) is 2. The standard InChI is InChI=1S/C26H41N3O4/c1-8-11-18(3)27-23(30)22(20-13-9-12-17(2)16-20)29(21-14-10-15-21)24(31)19(4)28-25(32)33-26(5,6)7/h9,12-13,16,18-19,21-22H,8,10-11,14-15H2,1-7H3,(H,27,30)(H,28,32). The Bertz CT molecular complexity index is 829. The van der Waals surface area contributed by atoms with Crippen LogP contribution in [0.15, 0.2) is 24.3 Å². The van der Waals surface area contributed by atoms with Crippen LogP contribution in [0.2, 0.25) is 0 Å². The molecule has 3 unspecified atom stereocenters. The Labute approximate surface area is 198 Å². The molecule has 0 saturated heterocycles. The smallest absolute Gasteiger partial charge is 0.408 e. The molecule has 184 valence electrons. The molecule has 7 heteroatoms. The van der Waals surface area contributed by atoms with Gasteiger partial charge in [0.1, 0.15) is 17.7 Å². The summed E-state index contributed by atoms with van der Waals surface area (Å²) in [4.78, 5) is 41.2. The van der Waals surface area contributed by atoms with Crippen molar-refractivity contribution >= 4 is 17.9 Å². The predicted molar refractivity (Wildman–Crippen MR) is 130 cm³/mol. The number of rotatable bonds is 9. The number of amides is 3. The fraction of sp³-hybridized carbons (Fsp3) is 0.654. The highest BCUT2D eigenvalue weighted by Gasteiger charge is 2.41. The van der Waals surface area contributed by atoms with Gasteiger partial charge in [0.2, 0.25) is 11.8 Å². The summed E-state index contributed by atoms with van der Waals surface area (Å²) in [7, 11) is 0. The van der Waals surface area contributed by atoms with Crippen LogP contribution in [0.3, 0.4) is 0 Å². The van der Waals surface area contributed by atoms with Crippen LogP contribution in [0.5, 0.6) is 0 Å². The lowest BCUT2D eigenvalue weighted by molar-refractivity contribution is -0.147. The molecule has 0 aromatic heterocycles. The summed E-state index contributed by atoms with van der Waals surface area (Å²) in [5, 5.41) is 5.76. The lowest BCUT2D eigenvalue weighted by atomic mass is 9.88. The summed E-state index contributed by atoms with van der Waals surface area (Å²) in [5.74, 6) is -0.471. The second-order valence-corrected chi connectivity index (χ2v) is 10.2. The van der Waals surface area contributed by atoms with Gasteiger partial charge in [0.25, 0.3) is 0 Å². The molecule has 1 aromatic rings. The van der Waals surface area contributed by atoms with Crippen molar-refractivity contribution in [3.05, 3.63) is 35.4 Å². The van der Waals surface area contributed by atoms with E-state index in [9.17, 15) is 14.4 Å². The first kappa shape index (κ1) is 26.7. The van der Waals surface area contributed by atoms with E-state index in [1.807, 2.05) is 38.1 Å². The second kappa shape index (κ2) is 11.5. The van der Waals surface area contributed by atoms with Crippen LogP contribution in [-0.2, 0) is 14.3 Å². The topological polar surface area (TPSA) is 87.7 Å². The van der Waals surface area contributed by atoms with E-state index in [1.165, 1.54) is 0 Å². The molecule has 0 heterocycles. The number of benzene rings is 1. The van der Waals surface area contributed by atoms with Crippen LogP contribution in [-0.4, -0.2) is 46.5 Å². The highest BCUT2D eigenvalue weighted by atomic mass is 16.6. The van der Waals surface area contributed by atoms with Gasteiger partial charge in [0, 0.05) is 12.1 Å². The lowest BCUT2D eigenvalue weighted by Gasteiger charge is -2.43. The molecular weight excluding hydrogens is 418 g/mol. The summed E-state index contributed by atoms with van der Waals surface area (Å²) >= 11 is 0. The third-order valence-electron chi connectivity index (χ3n) is 5.82. The molecule has 1 fully saturated rings. The van der Waals surface area contributed by atoms with Crippen molar-refractivity contribution < 1.29 is 19.1 Å². The molecule has 3 atom stereocenters. The molecular formula is C26H41N3O4. The summed E-state index contributed by atoms with van der Waals surface area (Å²) in [6.45, 7) is 13.0. The van der Waals surface area contributed by atoms with Crippen LogP contribution in [0.25, 0.3) is 0 Å². The molecule has 33 heavy (non-hydrogen) atoms. The van der Waals surface area contributed by atoms with Gasteiger partial charge < -0.3 is 20.3 Å². The Morgan fingerprint density at radius 1 is 1.15 bits per heavy atom. The molecule has 1 saturated carbocycles. The summed E-state index contributed by atoms with van der Waals surface area (Å²) in [6, 6.07) is 6.11. The van der Waals surface area contributed by atoms with Gasteiger partial charge in [-0.3, -0.25) is 9.59 Å². The Hall–Kier alpha value is -2.57. The third-order valence-corrected chi connectivity index (χ3v) is 5.82. The van der Waals surface area contributed by atoms with Gasteiger partial charge in [-0.15, -0.1) is 0 Å². The van der Waals surface area contributed by atoms with Crippen molar-refractivity contribution in [2.24, 2.45) is 0 Å². The fourth-order valence-corrected chi connectivity index (χ4v) is 4.06. The Morgan fingerprint density at radius 3 is 2.33 bits per heavy atom. The van der Waals surface area contributed by atoms with E-state index in [0.717, 1.165) is 43.2 Å². The van der Waals surface area contributed by atoms with Crippen LogP contribution in [0, 0.1) is 6.92 Å². The Kier molecular flexibility index (Phi) is 9.32. The minimum atomic E-state index is -0.825. The van der Waals surface area contributed by atoms with E-state index >= 15 is 0 Å². The molecule has 1 aliphatic rings. The average Bonchev–Trinajstić information content (AvgIpc) is 2.64. The van der Waals surface area contributed by atoms with Gasteiger partial charge in [-0.25, -0.2) is 4.79 Å². The Morgan fingerprint density at radius 2 is 1.82 bits per heavy atom. The number of aryl methyl sites for hydroxylation is 1. The molecule has 0 spiro atoms. The monoisotopic (exact) mass is 459 g/mol. The van der Waals surface area contributed by atoms with Gasteiger partial charge in [-0.2, -0.15) is 0 Å². The maximum Gasteiger partial charge on any atom is 0.408 e. The molecule has 1 aliphatic carbocycles. The van der Waals surface area contributed by atoms with Crippen molar-refractivity contribution in [1.82, 2.24) is 15.5 Å². The summed E-state index contributed by atoms with van der Waals surface area (Å²) in [6.07, 6.45) is 3.86. The van der Waals surface area contributed by atoms with Gasteiger partial charge in [0.05, 0.1) is 0 Å². The number of carbonyl (C=O) groups is 3. The number of nitrogens with zero attached hydrogens (tertiary/aromatic N) is 1. The van der Waals surface area contributed by atoms with E-state index < -0.39 is 23.8 Å². The number of hydrogen-bond donors (Lipinski definition) is 2. The number of alkyl carbamates (subject to hydrolysis) is 1. The highest BCUT2D eigenvalue weighted by Crippen LogP contribution is 2.34. The normalized spacial score (nSPS) is 16.7. The van der Waals surface area contributed by atoms with Crippen LogP contribution in [0.4, 0.5) is 4.79 Å². The maximum atomic E-state index is 13.7. The van der Waals surface area contributed by atoms with Crippen molar-refractivity contribution in [3.8, 4) is 0 Å². The molecule has 3 amide bonds. The van der Waals surface area contributed by atoms with Crippen molar-refractivity contribution in [1.29, 1.82) is 0 Å². The first-order valence-electron chi connectivity index (χ1n) is 12.1. The second-order valence-electron chi connectivity index (χ2n) is 10.2. The SMILES string of the molecule is CCCC(C)NC(=O)C(c1cccc(C)c1)N(C(=O)C(C)NC(=O)OC(C)(C)C)C1CCC1. The lowest BCUT2D eigenvalue weighted by Crippen LogP contribution is -2.57. The van der Waals surface area contributed by atoms with Gasteiger partial charge in [-0.05, 0) is 72.8 Å². The largest absolute Gasteiger partial charge is 0.444 e. The molecule has 2 rings (SSSR count). The first-order valence-corrected chi connectivity index (χ1v) is 12.1. The van der Waals surface area contributed by atoms with Crippen LogP contribution < -0.4 is 10.6 Å². The average molecular weight is 460 g/mol. The highest BCUT2D eigenvalue weighted by molar-refractivity contribution is 5.92. The number of carbonyl (C=O) groups excluding carboxylic acids is 3. The first-order chi connectivity index (χ1) is 15.4. The quantitative estimate of drug-likeness (QED) is 0.563. The van der Waals surface area contributed by atoms with E-state index in [0.29, 0.717) is 0 Å². The zero-order valence-corrected chi connectivity index (χ0v) is 21.2. The number of ether oxygens (including phenoxy) is 1. The minimum absolute atomic E-state index is 0.00506. The van der Waals surface area contributed by atoms with Gasteiger partial charge in [-0.1, -0.05) is 43.2 Å². The van der Waals surface area contributed by atoms with Gasteiger partial charge >= 0.3 is 6.09 Å². The maximum absolute atomic E-state index is 13.7. The molecule has 0 bridgehead atoms. The summed E-state index contributed by atoms with van der Waals surface area (Å²) in [5.41, 5.74) is 1.13. The van der Waals surface area contributed by atoms with Crippen molar-refractivity contribution in [2.75, 3.05) is 0 Å². The minimum Gasteiger partial charge on any atom is -0.444 e. The van der Waals surface area contributed by atoms with E-state index in [1.54, 1.807) is 32.6 Å². The molecule has 1 aromatic carbocycles. The summed E-state index contributed by atoms with van der Waals surface area (Å²) < 4.78 is 5.33. The predicted octanol–water partition coefficient (Wildman–Crippen LogP) is 4.64. The number of hydrogen-bond acceptors (Lipinski definition) is 4. The van der Waals surface area contributed by atoms with E-state index in [2.05, 4.69) is 17.6 Å². The van der Waals surface area contributed by atoms with E-state index in [-0.39, 0.29) is 23.9 Å². The molecule has 2 N–H and O–H groups in total. The van der Waals surface area contributed by atoms with Gasteiger partial charge in [0.15, 0.2) is 0 Å². The van der Waals surface area contributed by atoms with E-state index in [4.69, 9.17) is 4.74 Å². The van der Waals surface area contributed by atoms with Crippen molar-refractivity contribution in [2.45, 2.75) is 110 Å². The third kappa shape index (κ3) is 7.76. The molecule has 0 radical (unpaired) electrons. The van der Waals surface area contributed by atoms with Crippen LogP contribution >= 0.6 is 0 Å². The van der Waals surface area contributed by atoms with Crippen LogP contribution in [0.1, 0.15) is 90.8 Å². The zero-order chi connectivity index (χ0) is 24.8. The molecule has 7 nitrogen and oxygen atoms in total. The molecule has 0 aliphatic heterocycles. The zero-order valence-electron chi connectivity index (χ0n) is 21.2. The Balaban J connectivity index is 2.36.